The first-order valence-corrected chi connectivity index (χ1v) is 10.4. The van der Waals surface area contributed by atoms with Crippen molar-refractivity contribution in [2.24, 2.45) is 0 Å². The predicted octanol–water partition coefficient (Wildman–Crippen LogP) is 6.19. The second-order valence-electron chi connectivity index (χ2n) is 7.26. The van der Waals surface area contributed by atoms with Gasteiger partial charge in [-0.15, -0.1) is 0 Å². The maximum absolute atomic E-state index is 11.8. The number of aromatic carboxylic acids is 1. The molecule has 0 saturated heterocycles. The van der Waals surface area contributed by atoms with Crippen molar-refractivity contribution in [3.05, 3.63) is 81.5 Å². The standard InChI is InChI=1S/C23H21Cl2NO3/c24-18-11-10-15(12-19(18)25)13-22(16-6-2-1-3-7-16)29-26-20-9-5-4-8-17(20)14-21(26)23(27)28/h4-6,8-12,14,22H,1-3,7,13H2,(H,27,28). The van der Waals surface area contributed by atoms with Crippen molar-refractivity contribution in [3.8, 4) is 0 Å². The Morgan fingerprint density at radius 1 is 1.10 bits per heavy atom. The van der Waals surface area contributed by atoms with Gasteiger partial charge in [0, 0.05) is 11.8 Å². The van der Waals surface area contributed by atoms with E-state index < -0.39 is 5.97 Å². The first kappa shape index (κ1) is 19.9. The molecule has 150 valence electrons. The number of hydrogen-bond acceptors (Lipinski definition) is 2. The number of para-hydroxylation sites is 1. The highest BCUT2D eigenvalue weighted by molar-refractivity contribution is 6.42. The minimum Gasteiger partial charge on any atom is -0.476 e. The van der Waals surface area contributed by atoms with Crippen LogP contribution in [0.1, 0.15) is 41.7 Å². The van der Waals surface area contributed by atoms with Crippen LogP contribution in [-0.2, 0) is 6.42 Å². The fourth-order valence-electron chi connectivity index (χ4n) is 3.79. The van der Waals surface area contributed by atoms with E-state index >= 15 is 0 Å². The molecule has 4 nitrogen and oxygen atoms in total. The number of fused-ring (bicyclic) bond motifs is 1. The van der Waals surface area contributed by atoms with Crippen LogP contribution in [0.25, 0.3) is 10.9 Å². The van der Waals surface area contributed by atoms with E-state index in [1.807, 2.05) is 36.4 Å². The lowest BCUT2D eigenvalue weighted by Crippen LogP contribution is -2.31. The molecular formula is C23H21Cl2NO3. The molecular weight excluding hydrogens is 409 g/mol. The van der Waals surface area contributed by atoms with Crippen LogP contribution >= 0.6 is 23.2 Å². The number of aromatic nitrogens is 1. The molecule has 1 unspecified atom stereocenters. The molecule has 3 aromatic rings. The van der Waals surface area contributed by atoms with Crippen molar-refractivity contribution >= 4 is 40.1 Å². The van der Waals surface area contributed by atoms with E-state index in [2.05, 4.69) is 6.08 Å². The van der Waals surface area contributed by atoms with Gasteiger partial charge in [0.1, 0.15) is 0 Å². The highest BCUT2D eigenvalue weighted by Gasteiger charge is 2.23. The second-order valence-corrected chi connectivity index (χ2v) is 8.07. The van der Waals surface area contributed by atoms with Crippen molar-refractivity contribution in [1.82, 2.24) is 4.73 Å². The minimum atomic E-state index is -1.02. The van der Waals surface area contributed by atoms with Crippen LogP contribution in [0.4, 0.5) is 0 Å². The smallest absolute Gasteiger partial charge is 0.356 e. The number of rotatable bonds is 6. The van der Waals surface area contributed by atoms with Crippen LogP contribution in [0, 0.1) is 0 Å². The van der Waals surface area contributed by atoms with Gasteiger partial charge in [0.25, 0.3) is 0 Å². The van der Waals surface area contributed by atoms with E-state index in [-0.39, 0.29) is 11.8 Å². The molecule has 1 atom stereocenters. The lowest BCUT2D eigenvalue weighted by atomic mass is 9.92. The molecule has 2 aromatic carbocycles. The zero-order chi connectivity index (χ0) is 20.4. The van der Waals surface area contributed by atoms with Crippen molar-refractivity contribution in [1.29, 1.82) is 0 Å². The normalized spacial score (nSPS) is 15.2. The van der Waals surface area contributed by atoms with Crippen LogP contribution in [0.15, 0.2) is 60.2 Å². The summed E-state index contributed by atoms with van der Waals surface area (Å²) in [5, 5.41) is 11.5. The third-order valence-corrected chi connectivity index (χ3v) is 6.00. The van der Waals surface area contributed by atoms with Gasteiger partial charge in [-0.1, -0.05) is 53.5 Å². The van der Waals surface area contributed by atoms with E-state index in [9.17, 15) is 9.90 Å². The molecule has 29 heavy (non-hydrogen) atoms. The van der Waals surface area contributed by atoms with Gasteiger partial charge in [-0.3, -0.25) is 0 Å². The fraction of sp³-hybridized carbons (Fsp3) is 0.261. The molecule has 0 radical (unpaired) electrons. The number of halogens is 2. The van der Waals surface area contributed by atoms with Gasteiger partial charge in [0.2, 0.25) is 0 Å². The van der Waals surface area contributed by atoms with Gasteiger partial charge in [-0.2, -0.15) is 4.73 Å². The Morgan fingerprint density at radius 3 is 2.66 bits per heavy atom. The van der Waals surface area contributed by atoms with Gasteiger partial charge in [0.05, 0.1) is 15.6 Å². The SMILES string of the molecule is O=C(O)c1cc2ccccc2n1OC(Cc1ccc(Cl)c(Cl)c1)C1=CCCCC1. The number of carbonyl (C=O) groups is 1. The Kier molecular flexibility index (Phi) is 5.84. The first-order chi connectivity index (χ1) is 14.0. The average Bonchev–Trinajstić information content (AvgIpc) is 3.10. The molecule has 1 aliphatic carbocycles. The number of carboxylic acids is 1. The topological polar surface area (TPSA) is 51.5 Å². The Balaban J connectivity index is 1.73. The lowest BCUT2D eigenvalue weighted by Gasteiger charge is -2.25. The number of benzene rings is 2. The van der Waals surface area contributed by atoms with Crippen LogP contribution in [-0.4, -0.2) is 21.9 Å². The molecule has 1 aliphatic rings. The summed E-state index contributed by atoms with van der Waals surface area (Å²) >= 11 is 12.3. The maximum atomic E-state index is 11.8. The third kappa shape index (κ3) is 4.29. The van der Waals surface area contributed by atoms with Crippen LogP contribution < -0.4 is 4.84 Å². The van der Waals surface area contributed by atoms with Gasteiger partial charge in [0.15, 0.2) is 11.8 Å². The van der Waals surface area contributed by atoms with Gasteiger partial charge < -0.3 is 9.94 Å². The van der Waals surface area contributed by atoms with Gasteiger partial charge >= 0.3 is 5.97 Å². The summed E-state index contributed by atoms with van der Waals surface area (Å²) in [7, 11) is 0. The van der Waals surface area contributed by atoms with Crippen molar-refractivity contribution in [2.45, 2.75) is 38.2 Å². The molecule has 0 bridgehead atoms. The summed E-state index contributed by atoms with van der Waals surface area (Å²) in [6.45, 7) is 0. The molecule has 0 fully saturated rings. The Hall–Kier alpha value is -2.43. The monoisotopic (exact) mass is 429 g/mol. The van der Waals surface area contributed by atoms with Crippen LogP contribution in [0.5, 0.6) is 0 Å². The summed E-state index contributed by atoms with van der Waals surface area (Å²) in [5.74, 6) is -1.02. The molecule has 0 saturated carbocycles. The zero-order valence-electron chi connectivity index (χ0n) is 15.8. The van der Waals surface area contributed by atoms with Crippen molar-refractivity contribution in [2.75, 3.05) is 0 Å². The molecule has 1 heterocycles. The summed E-state index contributed by atoms with van der Waals surface area (Å²) in [5.41, 5.74) is 3.03. The van der Waals surface area contributed by atoms with E-state index in [1.165, 1.54) is 10.3 Å². The molecule has 0 spiro atoms. The van der Waals surface area contributed by atoms with E-state index in [0.717, 1.165) is 42.1 Å². The first-order valence-electron chi connectivity index (χ1n) is 9.66. The number of hydrogen-bond donors (Lipinski definition) is 1. The predicted molar refractivity (Wildman–Crippen MR) is 116 cm³/mol. The van der Waals surface area contributed by atoms with E-state index in [1.54, 1.807) is 12.1 Å². The van der Waals surface area contributed by atoms with E-state index in [4.69, 9.17) is 28.0 Å². The number of carboxylic acid groups (broad SMARTS) is 1. The summed E-state index contributed by atoms with van der Waals surface area (Å²) in [6, 6.07) is 14.7. The molecule has 1 aromatic heterocycles. The molecule has 4 rings (SSSR count). The summed E-state index contributed by atoms with van der Waals surface area (Å²) in [4.78, 5) is 18.2. The van der Waals surface area contributed by atoms with E-state index in [0.29, 0.717) is 16.5 Å². The highest BCUT2D eigenvalue weighted by atomic mass is 35.5. The summed E-state index contributed by atoms with van der Waals surface area (Å²) < 4.78 is 1.45. The van der Waals surface area contributed by atoms with Gasteiger partial charge in [-0.25, -0.2) is 4.79 Å². The molecule has 0 amide bonds. The summed E-state index contributed by atoms with van der Waals surface area (Å²) in [6.07, 6.45) is 6.72. The third-order valence-electron chi connectivity index (χ3n) is 5.26. The maximum Gasteiger partial charge on any atom is 0.356 e. The highest BCUT2D eigenvalue weighted by Crippen LogP contribution is 2.28. The van der Waals surface area contributed by atoms with Crippen LogP contribution in [0.2, 0.25) is 10.0 Å². The Bertz CT molecular complexity index is 1090. The van der Waals surface area contributed by atoms with Crippen molar-refractivity contribution in [3.63, 3.8) is 0 Å². The second kappa shape index (κ2) is 8.52. The Labute approximate surface area is 179 Å². The lowest BCUT2D eigenvalue weighted by molar-refractivity contribution is 0.0456. The van der Waals surface area contributed by atoms with Crippen molar-refractivity contribution < 1.29 is 14.7 Å². The van der Waals surface area contributed by atoms with Gasteiger partial charge in [-0.05, 0) is 61.1 Å². The Morgan fingerprint density at radius 2 is 1.93 bits per heavy atom. The van der Waals surface area contributed by atoms with Crippen LogP contribution in [0.3, 0.4) is 0 Å². The molecule has 0 aliphatic heterocycles. The fourth-order valence-corrected chi connectivity index (χ4v) is 4.11. The minimum absolute atomic E-state index is 0.113. The zero-order valence-corrected chi connectivity index (χ0v) is 17.3. The average molecular weight is 430 g/mol. The largest absolute Gasteiger partial charge is 0.476 e. The number of nitrogens with zero attached hydrogens (tertiary/aromatic N) is 1. The molecule has 6 heteroatoms. The molecule has 1 N–H and O–H groups in total. The quantitative estimate of drug-likeness (QED) is 0.475. The number of allylic oxidation sites excluding steroid dienone is 1.